The van der Waals surface area contributed by atoms with E-state index in [0.717, 1.165) is 6.92 Å². The first-order valence-corrected chi connectivity index (χ1v) is 29.0. The monoisotopic (exact) mass is 1230 g/mol. The van der Waals surface area contributed by atoms with E-state index in [1.54, 1.807) is 42.8 Å². The fourth-order valence-corrected chi connectivity index (χ4v) is 9.81. The van der Waals surface area contributed by atoms with Crippen LogP contribution < -0.4 is 53.6 Å². The van der Waals surface area contributed by atoms with Gasteiger partial charge in [0.15, 0.2) is 5.78 Å². The van der Waals surface area contributed by atoms with E-state index in [2.05, 4.69) is 52.8 Å². The highest BCUT2D eigenvalue weighted by Crippen LogP contribution is 2.21. The number of carbonyl (C=O) groups is 14. The van der Waals surface area contributed by atoms with Gasteiger partial charge in [-0.15, -0.1) is 0 Å². The Morgan fingerprint density at radius 1 is 0.713 bits per heavy atom. The van der Waals surface area contributed by atoms with Gasteiger partial charge in [0, 0.05) is 49.7 Å². The van der Waals surface area contributed by atoms with Gasteiger partial charge in [-0.2, -0.15) is 11.8 Å². The number of aliphatic carboxylic acids is 2. The number of hydrogen-bond acceptors (Lipinski definition) is 17. The molecule has 1 aliphatic heterocycles. The van der Waals surface area contributed by atoms with Crippen LogP contribution in [0.2, 0.25) is 0 Å². The summed E-state index contributed by atoms with van der Waals surface area (Å²) in [4.78, 5) is 188. The number of carboxylic acids is 2. The molecule has 1 fully saturated rings. The van der Waals surface area contributed by atoms with Gasteiger partial charge in [0.05, 0.1) is 19.4 Å². The van der Waals surface area contributed by atoms with Crippen LogP contribution in [0.4, 0.5) is 0 Å². The van der Waals surface area contributed by atoms with E-state index in [9.17, 15) is 82.4 Å². The summed E-state index contributed by atoms with van der Waals surface area (Å²) in [6.07, 6.45) is 4.37. The number of esters is 1. The molecule has 0 saturated carbocycles. The molecule has 1 aliphatic carbocycles. The predicted octanol–water partition coefficient (Wildman–Crippen LogP) is -1.79. The van der Waals surface area contributed by atoms with Crippen molar-refractivity contribution in [3.8, 4) is 5.75 Å². The molecule has 9 atom stereocenters. The van der Waals surface area contributed by atoms with E-state index in [1.807, 2.05) is 6.08 Å². The van der Waals surface area contributed by atoms with Crippen molar-refractivity contribution in [2.45, 2.75) is 139 Å². The van der Waals surface area contributed by atoms with Crippen molar-refractivity contribution in [2.24, 2.45) is 5.73 Å². The second-order valence-electron chi connectivity index (χ2n) is 20.5. The molecular weight excluding hydrogens is 1160 g/mol. The number of para-hydroxylation sites is 1. The first-order chi connectivity index (χ1) is 41.3. The quantitative estimate of drug-likeness (QED) is 0.0294. The van der Waals surface area contributed by atoms with E-state index in [0.29, 0.717) is 40.6 Å². The minimum Gasteiger partial charge on any atom is -0.508 e. The van der Waals surface area contributed by atoms with Gasteiger partial charge in [-0.3, -0.25) is 67.1 Å². The predicted molar refractivity (Wildman–Crippen MR) is 310 cm³/mol. The molecule has 2 aromatic carbocycles. The summed E-state index contributed by atoms with van der Waals surface area (Å²) in [6, 6.07) is -0.347. The van der Waals surface area contributed by atoms with Crippen molar-refractivity contribution in [1.29, 1.82) is 0 Å². The minimum absolute atomic E-state index is 0.000362. The number of benzene rings is 2. The summed E-state index contributed by atoms with van der Waals surface area (Å²) in [5.41, 5.74) is 7.09. The molecule has 0 spiro atoms. The molecule has 2 heterocycles. The number of nitrogens with one attached hydrogen (secondary N) is 10. The molecule has 30 heteroatoms. The SMILES string of the molecule is CSCC[C@H](NC(=O)[C@H](Cc1c[nH]c2ccccc12)NC(=O)CNC(=O)[C@@H](NC(=O)[C@H](Cc1ccc(O)cc1)NC(=O)[C@H](CC(=O)O)NC(=O)[C@H](CCC(N)=O)NC(=O)[C@@H]1CCC(=O)N1)[C@@H](C)OC(C)=O)C(=O)N[C@@H](CC(=O)O)C(=O)C1=CC=CCC1. The number of H-pyrrole nitrogens is 1. The van der Waals surface area contributed by atoms with E-state index < -0.39 is 176 Å². The number of thioether (sulfide) groups is 1. The number of hydrogen-bond donors (Lipinski definition) is 14. The van der Waals surface area contributed by atoms with Gasteiger partial charge in [-0.1, -0.05) is 48.6 Å². The standard InChI is InChI=1S/C57H71N11O18S/c1-29(86-30(2)69)49(68-56(84)41(23-31-13-15-34(70)16-14-31)66-55(83)43(26-48(76)77)67-52(80)38(17-19-44(58)71)63-51(79)37-18-20-45(72)61-37)57(85)60-28-46(73)62-42(24-33-27-59-36-12-8-7-11-35(33)36)54(82)64-39(21-22-87-3)53(81)65-40(25-47(74)75)50(78)32-9-5-4-6-10-32/h4-5,7-9,11-16,27,29,37-43,49,59,70H,6,10,17-26,28H2,1-3H3,(H2,58,71)(H,60,85)(H,61,72)(H,62,73)(H,63,79)(H,64,82)(H,65,81)(H,66,83)(H,67,80)(H,68,84)(H,74,75)(H,76,77)/t29-,37+,38+,39+,40+,41+,42+,43+,49+/m1/s1. The summed E-state index contributed by atoms with van der Waals surface area (Å²) in [5.74, 6) is -14.1. The molecule has 29 nitrogen and oxygen atoms in total. The maximum atomic E-state index is 14.4. The Kier molecular flexibility index (Phi) is 26.0. The Hall–Kier alpha value is -9.61. The van der Waals surface area contributed by atoms with E-state index in [1.165, 1.54) is 49.0 Å². The number of carboxylic acid groups (broad SMARTS) is 2. The highest BCUT2D eigenvalue weighted by Gasteiger charge is 2.38. The van der Waals surface area contributed by atoms with E-state index >= 15 is 0 Å². The number of phenols is 1. The summed E-state index contributed by atoms with van der Waals surface area (Å²) in [5, 5.41) is 52.0. The normalized spacial score (nSPS) is 16.2. The van der Waals surface area contributed by atoms with Crippen LogP contribution in [0.3, 0.4) is 0 Å². The fourth-order valence-electron chi connectivity index (χ4n) is 9.34. The van der Waals surface area contributed by atoms with Crippen molar-refractivity contribution in [3.05, 3.63) is 89.7 Å². The summed E-state index contributed by atoms with van der Waals surface area (Å²) >= 11 is 1.33. The number of carbonyl (C=O) groups excluding carboxylic acids is 12. The Bertz CT molecular complexity index is 3150. The Balaban J connectivity index is 1.37. The number of amides is 10. The van der Waals surface area contributed by atoms with Crippen molar-refractivity contribution in [1.82, 2.24) is 52.8 Å². The third-order valence-corrected chi connectivity index (χ3v) is 14.5. The maximum absolute atomic E-state index is 14.4. The molecule has 0 bridgehead atoms. The summed E-state index contributed by atoms with van der Waals surface area (Å²) < 4.78 is 5.28. The van der Waals surface area contributed by atoms with Gasteiger partial charge in [0.25, 0.3) is 0 Å². The van der Waals surface area contributed by atoms with Gasteiger partial charge >= 0.3 is 17.9 Å². The maximum Gasteiger partial charge on any atom is 0.305 e. The van der Waals surface area contributed by atoms with E-state index in [4.69, 9.17) is 10.5 Å². The van der Waals surface area contributed by atoms with Crippen molar-refractivity contribution >= 4 is 105 Å². The number of Topliss-reactive ketones (excluding diaryl/α,β-unsaturated/α-hetero) is 1. The first kappa shape index (κ1) is 68.2. The highest BCUT2D eigenvalue weighted by atomic mass is 32.2. The fraction of sp³-hybridized carbons (Fsp3) is 0.439. The second-order valence-corrected chi connectivity index (χ2v) is 21.5. The van der Waals surface area contributed by atoms with Crippen LogP contribution in [0.5, 0.6) is 5.75 Å². The highest BCUT2D eigenvalue weighted by molar-refractivity contribution is 7.98. The number of aromatic amines is 1. The van der Waals surface area contributed by atoms with Crippen LogP contribution >= 0.6 is 11.8 Å². The number of allylic oxidation sites excluding steroid dienone is 3. The second kappa shape index (κ2) is 33.2. The topological polar surface area (TPSA) is 459 Å². The summed E-state index contributed by atoms with van der Waals surface area (Å²) in [7, 11) is 0. The number of fused-ring (bicyclic) bond motifs is 1. The van der Waals surface area contributed by atoms with Crippen LogP contribution in [0.25, 0.3) is 10.9 Å². The van der Waals surface area contributed by atoms with Gasteiger partial charge in [-0.05, 0) is 85.9 Å². The lowest BCUT2D eigenvalue weighted by Gasteiger charge is -2.28. The van der Waals surface area contributed by atoms with Gasteiger partial charge in [0.1, 0.15) is 60.2 Å². The number of ether oxygens (including phenoxy) is 1. The average Bonchev–Trinajstić information content (AvgIpc) is 2.38. The van der Waals surface area contributed by atoms with Crippen LogP contribution in [-0.4, -0.2) is 176 Å². The molecule has 10 amide bonds. The average molecular weight is 1230 g/mol. The van der Waals surface area contributed by atoms with E-state index in [-0.39, 0.29) is 37.0 Å². The van der Waals surface area contributed by atoms with Crippen LogP contribution in [-0.2, 0) is 84.7 Å². The number of aromatic hydroxyl groups is 1. The molecule has 2 aliphatic rings. The Morgan fingerprint density at radius 2 is 1.31 bits per heavy atom. The largest absolute Gasteiger partial charge is 0.508 e. The van der Waals surface area contributed by atoms with Crippen LogP contribution in [0.15, 0.2) is 78.5 Å². The molecule has 468 valence electrons. The zero-order valence-corrected chi connectivity index (χ0v) is 48.6. The van der Waals surface area contributed by atoms with Crippen molar-refractivity contribution < 1.29 is 87.2 Å². The van der Waals surface area contributed by atoms with Crippen LogP contribution in [0, 0.1) is 0 Å². The third-order valence-electron chi connectivity index (χ3n) is 13.8. The van der Waals surface area contributed by atoms with Gasteiger partial charge in [0.2, 0.25) is 59.1 Å². The number of primary amides is 1. The number of nitrogens with two attached hydrogens (primary N) is 1. The number of ketones is 1. The van der Waals surface area contributed by atoms with Gasteiger partial charge in [-0.25, -0.2) is 0 Å². The van der Waals surface area contributed by atoms with Crippen LogP contribution in [0.1, 0.15) is 82.8 Å². The molecule has 15 N–H and O–H groups in total. The number of phenolic OH excluding ortho intramolecular Hbond substituents is 1. The molecular formula is C57H71N11O18S. The Morgan fingerprint density at radius 3 is 1.93 bits per heavy atom. The molecule has 3 aromatic rings. The first-order valence-electron chi connectivity index (χ1n) is 27.6. The molecule has 0 radical (unpaired) electrons. The van der Waals surface area contributed by atoms with Crippen molar-refractivity contribution in [2.75, 3.05) is 18.6 Å². The lowest BCUT2D eigenvalue weighted by molar-refractivity contribution is -0.150. The zero-order valence-electron chi connectivity index (χ0n) is 47.8. The minimum atomic E-state index is -1.99. The smallest absolute Gasteiger partial charge is 0.305 e. The number of rotatable bonds is 34. The third kappa shape index (κ3) is 21.8. The molecule has 1 aromatic heterocycles. The lowest BCUT2D eigenvalue weighted by atomic mass is 9.94. The van der Waals surface area contributed by atoms with Crippen molar-refractivity contribution in [3.63, 3.8) is 0 Å². The zero-order chi connectivity index (χ0) is 63.9. The Labute approximate surface area is 502 Å². The summed E-state index contributed by atoms with van der Waals surface area (Å²) in [6.45, 7) is 1.30. The lowest BCUT2D eigenvalue weighted by Crippen LogP contribution is -2.61. The molecule has 87 heavy (non-hydrogen) atoms. The molecule has 1 saturated heterocycles. The van der Waals surface area contributed by atoms with Gasteiger partial charge < -0.3 is 78.6 Å². The molecule has 5 rings (SSSR count). The number of aromatic nitrogens is 1. The molecule has 0 unspecified atom stereocenters.